The Hall–Kier alpha value is -2.15. The molecule has 1 amide bonds. The zero-order valence-corrected chi connectivity index (χ0v) is 13.5. The molecule has 0 unspecified atom stereocenters. The molecule has 2 rings (SSSR count). The van der Waals surface area contributed by atoms with Gasteiger partial charge in [-0.15, -0.1) is 0 Å². The van der Waals surface area contributed by atoms with Crippen molar-refractivity contribution in [2.75, 3.05) is 13.7 Å². The van der Waals surface area contributed by atoms with Gasteiger partial charge in [-0.1, -0.05) is 0 Å². The number of rotatable bonds is 7. The third-order valence-electron chi connectivity index (χ3n) is 3.57. The minimum absolute atomic E-state index is 0.0642. The maximum absolute atomic E-state index is 12.3. The molecule has 2 aromatic heterocycles. The van der Waals surface area contributed by atoms with Gasteiger partial charge < -0.3 is 14.6 Å². The highest BCUT2D eigenvalue weighted by Gasteiger charge is 2.17. The number of nitrogens with zero attached hydrogens (tertiary/aromatic N) is 4. The lowest BCUT2D eigenvalue weighted by atomic mass is 10.3. The van der Waals surface area contributed by atoms with Crippen molar-refractivity contribution in [1.29, 1.82) is 0 Å². The van der Waals surface area contributed by atoms with E-state index in [2.05, 4.69) is 15.4 Å². The number of hydrogen-bond donors (Lipinski definition) is 1. The summed E-state index contributed by atoms with van der Waals surface area (Å²) in [5, 5.41) is 7.29. The summed E-state index contributed by atoms with van der Waals surface area (Å²) >= 11 is 0. The molecule has 0 radical (unpaired) electrons. The van der Waals surface area contributed by atoms with Crippen LogP contribution in [-0.4, -0.2) is 39.0 Å². The van der Waals surface area contributed by atoms with Gasteiger partial charge in [-0.3, -0.25) is 9.48 Å². The number of methoxy groups -OCH3 is 1. The number of carbonyl (C=O) groups excluding carboxylic acids is 1. The molecule has 7 heteroatoms. The van der Waals surface area contributed by atoms with Crippen molar-refractivity contribution in [3.05, 3.63) is 35.7 Å². The SMILES string of the molecule is COCCn1cncc1CNC(=O)[C@H](C)n1nc(C)cc1C. The zero-order valence-electron chi connectivity index (χ0n) is 13.5. The first-order valence-electron chi connectivity index (χ1n) is 7.31. The molecule has 0 aliphatic carbocycles. The van der Waals surface area contributed by atoms with Crippen LogP contribution in [0.5, 0.6) is 0 Å². The van der Waals surface area contributed by atoms with Gasteiger partial charge in [-0.2, -0.15) is 5.10 Å². The maximum atomic E-state index is 12.3. The predicted molar refractivity (Wildman–Crippen MR) is 82.4 cm³/mol. The van der Waals surface area contributed by atoms with Crippen molar-refractivity contribution in [2.24, 2.45) is 0 Å². The highest BCUT2D eigenvalue weighted by atomic mass is 16.5. The average molecular weight is 305 g/mol. The Balaban J connectivity index is 1.95. The van der Waals surface area contributed by atoms with Crippen LogP contribution in [0.25, 0.3) is 0 Å². The van der Waals surface area contributed by atoms with Crippen LogP contribution in [0.3, 0.4) is 0 Å². The number of amides is 1. The summed E-state index contributed by atoms with van der Waals surface area (Å²) < 4.78 is 8.77. The van der Waals surface area contributed by atoms with Crippen molar-refractivity contribution in [3.63, 3.8) is 0 Å². The Bertz CT molecular complexity index is 632. The molecule has 120 valence electrons. The van der Waals surface area contributed by atoms with Gasteiger partial charge in [-0.05, 0) is 26.8 Å². The molecule has 22 heavy (non-hydrogen) atoms. The van der Waals surface area contributed by atoms with E-state index < -0.39 is 0 Å². The zero-order chi connectivity index (χ0) is 16.1. The summed E-state index contributed by atoms with van der Waals surface area (Å²) in [5.74, 6) is -0.0642. The molecule has 0 saturated heterocycles. The van der Waals surface area contributed by atoms with Crippen LogP contribution in [0.15, 0.2) is 18.6 Å². The van der Waals surface area contributed by atoms with Crippen LogP contribution in [0, 0.1) is 13.8 Å². The molecule has 0 aliphatic rings. The largest absolute Gasteiger partial charge is 0.383 e. The first-order valence-corrected chi connectivity index (χ1v) is 7.31. The molecular weight excluding hydrogens is 282 g/mol. The van der Waals surface area contributed by atoms with Gasteiger partial charge in [-0.25, -0.2) is 4.98 Å². The smallest absolute Gasteiger partial charge is 0.244 e. The predicted octanol–water partition coefficient (Wildman–Crippen LogP) is 1.22. The highest BCUT2D eigenvalue weighted by Crippen LogP contribution is 2.11. The van der Waals surface area contributed by atoms with Crippen molar-refractivity contribution in [1.82, 2.24) is 24.6 Å². The molecule has 2 aromatic rings. The molecule has 0 fully saturated rings. The monoisotopic (exact) mass is 305 g/mol. The number of carbonyl (C=O) groups is 1. The summed E-state index contributed by atoms with van der Waals surface area (Å²) in [7, 11) is 1.66. The fraction of sp³-hybridized carbons (Fsp3) is 0.533. The first kappa shape index (κ1) is 16.2. The summed E-state index contributed by atoms with van der Waals surface area (Å²) in [6.45, 7) is 7.48. The lowest BCUT2D eigenvalue weighted by molar-refractivity contribution is -0.124. The Morgan fingerprint density at radius 1 is 1.45 bits per heavy atom. The normalized spacial score (nSPS) is 12.4. The number of aryl methyl sites for hydroxylation is 2. The quantitative estimate of drug-likeness (QED) is 0.834. The highest BCUT2D eigenvalue weighted by molar-refractivity contribution is 5.79. The van der Waals surface area contributed by atoms with E-state index in [-0.39, 0.29) is 11.9 Å². The first-order chi connectivity index (χ1) is 10.5. The van der Waals surface area contributed by atoms with E-state index in [4.69, 9.17) is 4.74 Å². The van der Waals surface area contributed by atoms with Gasteiger partial charge in [0.25, 0.3) is 0 Å². The van der Waals surface area contributed by atoms with E-state index in [0.717, 1.165) is 17.1 Å². The number of hydrogen-bond acceptors (Lipinski definition) is 4. The fourth-order valence-electron chi connectivity index (χ4n) is 2.36. The van der Waals surface area contributed by atoms with Crippen LogP contribution in [0.1, 0.15) is 30.0 Å². The Kier molecular flexibility index (Phi) is 5.32. The Labute approximate surface area is 130 Å². The van der Waals surface area contributed by atoms with Gasteiger partial charge in [0.1, 0.15) is 6.04 Å². The second-order valence-corrected chi connectivity index (χ2v) is 5.34. The minimum atomic E-state index is -0.343. The number of ether oxygens (including phenoxy) is 1. The number of aromatic nitrogens is 4. The van der Waals surface area contributed by atoms with Gasteiger partial charge in [0.05, 0.1) is 30.9 Å². The van der Waals surface area contributed by atoms with Crippen LogP contribution in [0.4, 0.5) is 0 Å². The van der Waals surface area contributed by atoms with Crippen molar-refractivity contribution >= 4 is 5.91 Å². The van der Waals surface area contributed by atoms with Gasteiger partial charge in [0.15, 0.2) is 0 Å². The van der Waals surface area contributed by atoms with Crippen molar-refractivity contribution in [3.8, 4) is 0 Å². The summed E-state index contributed by atoms with van der Waals surface area (Å²) in [6.07, 6.45) is 3.49. The lowest BCUT2D eigenvalue weighted by Crippen LogP contribution is -2.32. The standard InChI is InChI=1S/C15H23N5O2/c1-11-7-12(2)20(18-11)13(3)15(21)17-9-14-8-16-10-19(14)5-6-22-4/h7-8,10,13H,5-6,9H2,1-4H3,(H,17,21)/t13-/m0/s1. The van der Waals surface area contributed by atoms with Crippen LogP contribution >= 0.6 is 0 Å². The lowest BCUT2D eigenvalue weighted by Gasteiger charge is -2.15. The molecule has 0 bridgehead atoms. The van der Waals surface area contributed by atoms with Crippen molar-refractivity contribution in [2.45, 2.75) is 39.9 Å². The number of nitrogens with one attached hydrogen (secondary N) is 1. The minimum Gasteiger partial charge on any atom is -0.383 e. The van der Waals surface area contributed by atoms with E-state index >= 15 is 0 Å². The van der Waals surface area contributed by atoms with E-state index in [1.54, 1.807) is 24.3 Å². The summed E-state index contributed by atoms with van der Waals surface area (Å²) in [6, 6.07) is 1.62. The number of imidazole rings is 1. The molecule has 0 spiro atoms. The second-order valence-electron chi connectivity index (χ2n) is 5.34. The van der Waals surface area contributed by atoms with Gasteiger partial charge in [0, 0.05) is 25.5 Å². The third-order valence-corrected chi connectivity index (χ3v) is 3.57. The molecular formula is C15H23N5O2. The topological polar surface area (TPSA) is 74.0 Å². The van der Waals surface area contributed by atoms with E-state index in [9.17, 15) is 4.79 Å². The van der Waals surface area contributed by atoms with E-state index in [0.29, 0.717) is 19.7 Å². The fourth-order valence-corrected chi connectivity index (χ4v) is 2.36. The molecule has 0 saturated carbocycles. The molecule has 7 nitrogen and oxygen atoms in total. The summed E-state index contributed by atoms with van der Waals surface area (Å²) in [5.41, 5.74) is 2.84. The Morgan fingerprint density at radius 2 is 2.23 bits per heavy atom. The van der Waals surface area contributed by atoms with E-state index in [1.165, 1.54) is 0 Å². The molecule has 0 aliphatic heterocycles. The average Bonchev–Trinajstić information content (AvgIpc) is 3.07. The molecule has 1 N–H and O–H groups in total. The molecule has 2 heterocycles. The molecule has 1 atom stereocenters. The van der Waals surface area contributed by atoms with Crippen LogP contribution < -0.4 is 5.32 Å². The van der Waals surface area contributed by atoms with Gasteiger partial charge >= 0.3 is 0 Å². The maximum Gasteiger partial charge on any atom is 0.244 e. The van der Waals surface area contributed by atoms with Crippen molar-refractivity contribution < 1.29 is 9.53 Å². The van der Waals surface area contributed by atoms with Gasteiger partial charge in [0.2, 0.25) is 5.91 Å². The van der Waals surface area contributed by atoms with E-state index in [1.807, 2.05) is 31.4 Å². The second kappa shape index (κ2) is 7.22. The van der Waals surface area contributed by atoms with Crippen LogP contribution in [-0.2, 0) is 22.6 Å². The molecule has 0 aromatic carbocycles. The summed E-state index contributed by atoms with van der Waals surface area (Å²) in [4.78, 5) is 16.4. The van der Waals surface area contributed by atoms with Crippen LogP contribution in [0.2, 0.25) is 0 Å². The Morgan fingerprint density at radius 3 is 2.86 bits per heavy atom. The third kappa shape index (κ3) is 3.73.